The Morgan fingerprint density at radius 2 is 2.24 bits per heavy atom. The number of nitrogens with two attached hydrogens (primary N) is 2. The van der Waals surface area contributed by atoms with Crippen LogP contribution in [0.2, 0.25) is 0 Å². The van der Waals surface area contributed by atoms with Crippen molar-refractivity contribution in [1.29, 1.82) is 0 Å². The van der Waals surface area contributed by atoms with Crippen LogP contribution >= 0.6 is 0 Å². The molecule has 0 aliphatic rings. The molecule has 17 heavy (non-hydrogen) atoms. The second-order valence-electron chi connectivity index (χ2n) is 3.60. The molecule has 2 aromatic heterocycles. The zero-order valence-corrected chi connectivity index (χ0v) is 8.95. The lowest BCUT2D eigenvalue weighted by molar-refractivity contribution is -0.138. The van der Waals surface area contributed by atoms with Gasteiger partial charge < -0.3 is 21.1 Å². The molecule has 0 radical (unpaired) electrons. The third-order valence-electron chi connectivity index (χ3n) is 2.43. The summed E-state index contributed by atoms with van der Waals surface area (Å²) in [5.41, 5.74) is 12.1. The fraction of sp³-hybridized carbons (Fsp3) is 0.333. The van der Waals surface area contributed by atoms with E-state index in [0.717, 1.165) is 0 Å². The minimum absolute atomic E-state index is 0.296. The van der Waals surface area contributed by atoms with Crippen molar-refractivity contribution in [2.45, 2.75) is 19.0 Å². The van der Waals surface area contributed by atoms with Crippen LogP contribution in [0.3, 0.4) is 0 Å². The summed E-state index contributed by atoms with van der Waals surface area (Å²) in [6, 6.07) is -0.897. The first-order chi connectivity index (χ1) is 8.09. The predicted octanol–water partition coefficient (Wildman–Crippen LogP) is -0.789. The standard InChI is InChI=1S/C9H12N6O2/c10-5(9(16)17)1-2-15-4-14-6-7(11)12-3-13-8(6)15/h3-5H,1-2,10H2,(H,16,17)(H2,11,12,13)/t5-/m0/s1. The molecule has 8 heteroatoms. The van der Waals surface area contributed by atoms with Crippen molar-refractivity contribution < 1.29 is 9.90 Å². The van der Waals surface area contributed by atoms with Crippen LogP contribution in [0, 0.1) is 0 Å². The molecular weight excluding hydrogens is 224 g/mol. The minimum Gasteiger partial charge on any atom is -0.480 e. The number of rotatable bonds is 4. The van der Waals surface area contributed by atoms with E-state index in [0.29, 0.717) is 29.9 Å². The quantitative estimate of drug-likeness (QED) is 0.633. The van der Waals surface area contributed by atoms with E-state index < -0.39 is 12.0 Å². The van der Waals surface area contributed by atoms with E-state index in [9.17, 15) is 4.79 Å². The van der Waals surface area contributed by atoms with Crippen LogP contribution < -0.4 is 11.5 Å². The third-order valence-corrected chi connectivity index (χ3v) is 2.43. The molecule has 5 N–H and O–H groups in total. The molecule has 0 amide bonds. The van der Waals surface area contributed by atoms with E-state index in [4.69, 9.17) is 16.6 Å². The highest BCUT2D eigenvalue weighted by Crippen LogP contribution is 2.14. The van der Waals surface area contributed by atoms with Gasteiger partial charge in [-0.25, -0.2) is 15.0 Å². The molecule has 0 fully saturated rings. The largest absolute Gasteiger partial charge is 0.480 e. The Kier molecular flexibility index (Phi) is 2.88. The Hall–Kier alpha value is -2.22. The molecule has 90 valence electrons. The maximum absolute atomic E-state index is 10.6. The minimum atomic E-state index is -1.02. The van der Waals surface area contributed by atoms with Crippen molar-refractivity contribution in [1.82, 2.24) is 19.5 Å². The van der Waals surface area contributed by atoms with E-state index >= 15 is 0 Å². The van der Waals surface area contributed by atoms with Gasteiger partial charge in [0, 0.05) is 6.54 Å². The smallest absolute Gasteiger partial charge is 0.320 e. The van der Waals surface area contributed by atoms with E-state index in [-0.39, 0.29) is 0 Å². The predicted molar refractivity (Wildman–Crippen MR) is 60.0 cm³/mol. The molecule has 0 aliphatic carbocycles. The fourth-order valence-electron chi connectivity index (χ4n) is 1.46. The molecular formula is C9H12N6O2. The van der Waals surface area contributed by atoms with E-state index in [1.165, 1.54) is 6.33 Å². The maximum atomic E-state index is 10.6. The van der Waals surface area contributed by atoms with Crippen molar-refractivity contribution >= 4 is 23.0 Å². The molecule has 0 aromatic carbocycles. The van der Waals surface area contributed by atoms with Crippen molar-refractivity contribution in [3.63, 3.8) is 0 Å². The molecule has 0 aliphatic heterocycles. The summed E-state index contributed by atoms with van der Waals surface area (Å²) in [6.45, 7) is 0.417. The van der Waals surface area contributed by atoms with Gasteiger partial charge in [0.15, 0.2) is 11.5 Å². The molecule has 0 saturated carbocycles. The van der Waals surface area contributed by atoms with Crippen LogP contribution in [0.4, 0.5) is 5.82 Å². The number of hydrogen-bond donors (Lipinski definition) is 3. The fourth-order valence-corrected chi connectivity index (χ4v) is 1.46. The van der Waals surface area contributed by atoms with E-state index in [1.807, 2.05) is 0 Å². The molecule has 0 spiro atoms. The van der Waals surface area contributed by atoms with Crippen molar-refractivity contribution in [3.05, 3.63) is 12.7 Å². The number of aryl methyl sites for hydroxylation is 1. The van der Waals surface area contributed by atoms with Gasteiger partial charge in [-0.15, -0.1) is 0 Å². The molecule has 2 aromatic rings. The summed E-state index contributed by atoms with van der Waals surface area (Å²) in [6.07, 6.45) is 3.18. The van der Waals surface area contributed by atoms with Crippen LogP contribution in [0.5, 0.6) is 0 Å². The van der Waals surface area contributed by atoms with Gasteiger partial charge in [-0.3, -0.25) is 4.79 Å². The number of nitrogen functional groups attached to an aromatic ring is 1. The Balaban J connectivity index is 2.20. The third kappa shape index (κ3) is 2.16. The summed E-state index contributed by atoms with van der Waals surface area (Å²) < 4.78 is 1.70. The van der Waals surface area contributed by atoms with Gasteiger partial charge in [0.2, 0.25) is 0 Å². The summed E-state index contributed by atoms with van der Waals surface area (Å²) in [5.74, 6) is -0.722. The number of aromatic nitrogens is 4. The highest BCUT2D eigenvalue weighted by atomic mass is 16.4. The second kappa shape index (κ2) is 4.34. The van der Waals surface area contributed by atoms with E-state index in [2.05, 4.69) is 15.0 Å². The van der Waals surface area contributed by atoms with Gasteiger partial charge in [0.25, 0.3) is 0 Å². The van der Waals surface area contributed by atoms with Gasteiger partial charge in [-0.05, 0) is 6.42 Å². The molecule has 2 rings (SSSR count). The lowest BCUT2D eigenvalue weighted by Crippen LogP contribution is -2.31. The van der Waals surface area contributed by atoms with Crippen molar-refractivity contribution in [3.8, 4) is 0 Å². The highest BCUT2D eigenvalue weighted by Gasteiger charge is 2.13. The summed E-state index contributed by atoms with van der Waals surface area (Å²) in [5, 5.41) is 8.67. The average Bonchev–Trinajstić information content (AvgIpc) is 2.70. The van der Waals surface area contributed by atoms with Crippen LogP contribution in [-0.2, 0) is 11.3 Å². The number of carbonyl (C=O) groups is 1. The number of aliphatic carboxylic acids is 1. The van der Waals surface area contributed by atoms with E-state index in [1.54, 1.807) is 10.9 Å². The Labute approximate surface area is 96.3 Å². The molecule has 2 heterocycles. The van der Waals surface area contributed by atoms with Crippen molar-refractivity contribution in [2.75, 3.05) is 5.73 Å². The zero-order chi connectivity index (χ0) is 12.4. The van der Waals surface area contributed by atoms with Gasteiger partial charge in [0.1, 0.15) is 17.9 Å². The summed E-state index contributed by atoms with van der Waals surface area (Å²) in [4.78, 5) is 22.5. The molecule has 0 bridgehead atoms. The lowest BCUT2D eigenvalue weighted by atomic mass is 10.2. The van der Waals surface area contributed by atoms with Crippen LogP contribution in [0.25, 0.3) is 11.2 Å². The van der Waals surface area contributed by atoms with Gasteiger partial charge in [-0.2, -0.15) is 0 Å². The number of carboxylic acid groups (broad SMARTS) is 1. The monoisotopic (exact) mass is 236 g/mol. The SMILES string of the molecule is Nc1ncnc2c1ncn2CC[C@H](N)C(=O)O. The topological polar surface area (TPSA) is 133 Å². The number of nitrogens with zero attached hydrogens (tertiary/aromatic N) is 4. The van der Waals surface area contributed by atoms with Crippen LogP contribution in [-0.4, -0.2) is 36.6 Å². The second-order valence-corrected chi connectivity index (χ2v) is 3.60. The lowest BCUT2D eigenvalue weighted by Gasteiger charge is -2.07. The first-order valence-corrected chi connectivity index (χ1v) is 4.99. The number of carboxylic acids is 1. The first kappa shape index (κ1) is 11.3. The first-order valence-electron chi connectivity index (χ1n) is 4.99. The Morgan fingerprint density at radius 3 is 2.94 bits per heavy atom. The number of hydrogen-bond acceptors (Lipinski definition) is 6. The maximum Gasteiger partial charge on any atom is 0.320 e. The van der Waals surface area contributed by atoms with Crippen LogP contribution in [0.1, 0.15) is 6.42 Å². The average molecular weight is 236 g/mol. The van der Waals surface area contributed by atoms with Gasteiger partial charge >= 0.3 is 5.97 Å². The summed E-state index contributed by atoms with van der Waals surface area (Å²) in [7, 11) is 0. The zero-order valence-electron chi connectivity index (χ0n) is 8.95. The number of fused-ring (bicyclic) bond motifs is 1. The molecule has 8 nitrogen and oxygen atoms in total. The van der Waals surface area contributed by atoms with Gasteiger partial charge in [-0.1, -0.05) is 0 Å². The Morgan fingerprint density at radius 1 is 1.47 bits per heavy atom. The van der Waals surface area contributed by atoms with Crippen molar-refractivity contribution in [2.24, 2.45) is 5.73 Å². The number of imidazole rings is 1. The molecule has 0 unspecified atom stereocenters. The van der Waals surface area contributed by atoms with Gasteiger partial charge in [0.05, 0.1) is 6.33 Å². The highest BCUT2D eigenvalue weighted by molar-refractivity contribution is 5.81. The normalized spacial score (nSPS) is 12.8. The molecule has 0 saturated heterocycles. The summed E-state index contributed by atoms with van der Waals surface area (Å²) >= 11 is 0. The molecule has 1 atom stereocenters. The number of anilines is 1. The Bertz CT molecular complexity index is 551. The van der Waals surface area contributed by atoms with Crippen LogP contribution in [0.15, 0.2) is 12.7 Å².